The first-order valence-electron chi connectivity index (χ1n) is 4.90. The third-order valence-electron chi connectivity index (χ3n) is 2.02. The van der Waals surface area contributed by atoms with Crippen LogP contribution in [0.3, 0.4) is 0 Å². The van der Waals surface area contributed by atoms with Crippen molar-refractivity contribution in [3.63, 3.8) is 0 Å². The largest absolute Gasteiger partial charge is 0.485 e. The molecule has 0 aliphatic carbocycles. The zero-order valence-electron chi connectivity index (χ0n) is 9.08. The zero-order valence-corrected chi connectivity index (χ0v) is 9.08. The molecule has 1 aromatic heterocycles. The molecular formula is C11H10N2O4. The van der Waals surface area contributed by atoms with E-state index in [9.17, 15) is 4.79 Å². The number of aromatic carboxylic acids is 1. The highest BCUT2D eigenvalue weighted by Crippen LogP contribution is 2.14. The molecule has 1 aromatic carbocycles. The van der Waals surface area contributed by atoms with Crippen molar-refractivity contribution in [2.75, 3.05) is 0 Å². The van der Waals surface area contributed by atoms with Gasteiger partial charge in [0.15, 0.2) is 6.61 Å². The van der Waals surface area contributed by atoms with Gasteiger partial charge in [0, 0.05) is 6.92 Å². The first-order valence-corrected chi connectivity index (χ1v) is 4.90. The average molecular weight is 234 g/mol. The van der Waals surface area contributed by atoms with Gasteiger partial charge in [0.1, 0.15) is 5.75 Å². The Hall–Kier alpha value is -2.37. The fraction of sp³-hybridized carbons (Fsp3) is 0.182. The summed E-state index contributed by atoms with van der Waals surface area (Å²) in [6.45, 7) is 1.82. The van der Waals surface area contributed by atoms with Gasteiger partial charge in [-0.15, -0.1) is 0 Å². The van der Waals surface area contributed by atoms with Gasteiger partial charge >= 0.3 is 5.97 Å². The second-order valence-electron chi connectivity index (χ2n) is 3.35. The van der Waals surface area contributed by atoms with E-state index >= 15 is 0 Å². The Kier molecular flexibility index (Phi) is 3.04. The van der Waals surface area contributed by atoms with E-state index in [0.717, 1.165) is 0 Å². The summed E-state index contributed by atoms with van der Waals surface area (Å²) in [7, 11) is 0. The van der Waals surface area contributed by atoms with E-state index in [-0.39, 0.29) is 12.2 Å². The highest BCUT2D eigenvalue weighted by Gasteiger charge is 2.06. The number of carbonyl (C=O) groups is 1. The minimum absolute atomic E-state index is 0.139. The quantitative estimate of drug-likeness (QED) is 0.865. The maximum Gasteiger partial charge on any atom is 0.335 e. The second-order valence-corrected chi connectivity index (χ2v) is 3.35. The standard InChI is InChI=1S/C11H10N2O4/c1-7-12-10(13-17-7)6-16-9-4-2-3-8(5-9)11(14)15/h2-5H,6H2,1H3,(H,14,15). The lowest BCUT2D eigenvalue weighted by Gasteiger charge is -2.03. The first kappa shape index (κ1) is 11.1. The van der Waals surface area contributed by atoms with Crippen LogP contribution >= 0.6 is 0 Å². The SMILES string of the molecule is Cc1nc(COc2cccc(C(=O)O)c2)no1. The number of hydrogen-bond acceptors (Lipinski definition) is 5. The van der Waals surface area contributed by atoms with Crippen molar-refractivity contribution in [1.29, 1.82) is 0 Å². The van der Waals surface area contributed by atoms with E-state index in [4.69, 9.17) is 14.4 Å². The Labute approximate surface area is 96.8 Å². The highest BCUT2D eigenvalue weighted by molar-refractivity contribution is 5.87. The van der Waals surface area contributed by atoms with Gasteiger partial charge in [-0.1, -0.05) is 11.2 Å². The number of hydrogen-bond donors (Lipinski definition) is 1. The van der Waals surface area contributed by atoms with Gasteiger partial charge in [-0.05, 0) is 18.2 Å². The molecule has 6 heteroatoms. The number of rotatable bonds is 4. The van der Waals surface area contributed by atoms with Crippen molar-refractivity contribution in [1.82, 2.24) is 10.1 Å². The molecule has 0 spiro atoms. The number of nitrogens with zero attached hydrogens (tertiary/aromatic N) is 2. The summed E-state index contributed by atoms with van der Waals surface area (Å²) in [6.07, 6.45) is 0. The van der Waals surface area contributed by atoms with Crippen LogP contribution in [0.15, 0.2) is 28.8 Å². The molecule has 0 fully saturated rings. The molecule has 0 aliphatic rings. The fourth-order valence-corrected chi connectivity index (χ4v) is 1.27. The molecule has 2 aromatic rings. The number of benzene rings is 1. The van der Waals surface area contributed by atoms with E-state index in [1.165, 1.54) is 12.1 Å². The lowest BCUT2D eigenvalue weighted by atomic mass is 10.2. The Morgan fingerprint density at radius 2 is 2.35 bits per heavy atom. The van der Waals surface area contributed by atoms with Crippen LogP contribution in [0.5, 0.6) is 5.75 Å². The normalized spacial score (nSPS) is 10.2. The molecule has 6 nitrogen and oxygen atoms in total. The second kappa shape index (κ2) is 4.65. The third kappa shape index (κ3) is 2.81. The summed E-state index contributed by atoms with van der Waals surface area (Å²) in [4.78, 5) is 14.7. The van der Waals surface area contributed by atoms with Crippen molar-refractivity contribution in [3.8, 4) is 5.75 Å². The Morgan fingerprint density at radius 3 is 3.00 bits per heavy atom. The van der Waals surface area contributed by atoms with Crippen LogP contribution in [0.4, 0.5) is 0 Å². The lowest BCUT2D eigenvalue weighted by molar-refractivity contribution is 0.0696. The van der Waals surface area contributed by atoms with Crippen molar-refractivity contribution in [3.05, 3.63) is 41.5 Å². The molecule has 2 rings (SSSR count). The fourth-order valence-electron chi connectivity index (χ4n) is 1.27. The van der Waals surface area contributed by atoms with E-state index < -0.39 is 5.97 Å². The van der Waals surface area contributed by atoms with Gasteiger partial charge in [-0.2, -0.15) is 4.98 Å². The van der Waals surface area contributed by atoms with Crippen LogP contribution in [0.1, 0.15) is 22.1 Å². The molecule has 0 radical (unpaired) electrons. The summed E-state index contributed by atoms with van der Waals surface area (Å²) >= 11 is 0. The van der Waals surface area contributed by atoms with Crippen LogP contribution in [0, 0.1) is 6.92 Å². The molecule has 0 amide bonds. The number of aromatic nitrogens is 2. The van der Waals surface area contributed by atoms with Gasteiger partial charge in [0.25, 0.3) is 0 Å². The van der Waals surface area contributed by atoms with E-state index in [2.05, 4.69) is 10.1 Å². The molecule has 0 saturated carbocycles. The predicted molar refractivity (Wildman–Crippen MR) is 56.8 cm³/mol. The summed E-state index contributed by atoms with van der Waals surface area (Å²) in [5.74, 6) is 0.337. The lowest BCUT2D eigenvalue weighted by Crippen LogP contribution is -2.00. The van der Waals surface area contributed by atoms with Crippen LogP contribution in [0.2, 0.25) is 0 Å². The molecule has 0 aliphatic heterocycles. The minimum atomic E-state index is -0.995. The molecule has 0 saturated heterocycles. The zero-order chi connectivity index (χ0) is 12.3. The van der Waals surface area contributed by atoms with Crippen molar-refractivity contribution >= 4 is 5.97 Å². The van der Waals surface area contributed by atoms with Gasteiger partial charge in [-0.3, -0.25) is 0 Å². The van der Waals surface area contributed by atoms with Crippen LogP contribution in [-0.2, 0) is 6.61 Å². The van der Waals surface area contributed by atoms with Gasteiger partial charge in [0.05, 0.1) is 5.56 Å². The van der Waals surface area contributed by atoms with E-state index in [1.54, 1.807) is 19.1 Å². The van der Waals surface area contributed by atoms with Crippen LogP contribution < -0.4 is 4.74 Å². The molecule has 1 N–H and O–H groups in total. The maximum absolute atomic E-state index is 10.7. The van der Waals surface area contributed by atoms with Crippen LogP contribution in [-0.4, -0.2) is 21.2 Å². The predicted octanol–water partition coefficient (Wildman–Crippen LogP) is 1.66. The topological polar surface area (TPSA) is 85.5 Å². The van der Waals surface area contributed by atoms with Crippen molar-refractivity contribution in [2.24, 2.45) is 0 Å². The summed E-state index contributed by atoms with van der Waals surface area (Å²) < 4.78 is 10.1. The molecule has 88 valence electrons. The monoisotopic (exact) mass is 234 g/mol. The summed E-state index contributed by atoms with van der Waals surface area (Å²) in [5.41, 5.74) is 0.173. The van der Waals surface area contributed by atoms with Gasteiger partial charge in [0.2, 0.25) is 11.7 Å². The van der Waals surface area contributed by atoms with E-state index in [0.29, 0.717) is 17.5 Å². The number of ether oxygens (including phenoxy) is 1. The molecule has 0 atom stereocenters. The first-order chi connectivity index (χ1) is 8.15. The van der Waals surface area contributed by atoms with Gasteiger partial charge < -0.3 is 14.4 Å². The average Bonchev–Trinajstić information content (AvgIpc) is 2.73. The maximum atomic E-state index is 10.7. The van der Waals surface area contributed by atoms with E-state index in [1.807, 2.05) is 0 Å². The summed E-state index contributed by atoms with van der Waals surface area (Å²) in [5, 5.41) is 12.5. The Balaban J connectivity index is 2.04. The van der Waals surface area contributed by atoms with Gasteiger partial charge in [-0.25, -0.2) is 4.79 Å². The van der Waals surface area contributed by atoms with Crippen LogP contribution in [0.25, 0.3) is 0 Å². The van der Waals surface area contributed by atoms with Crippen molar-refractivity contribution in [2.45, 2.75) is 13.5 Å². The molecule has 0 bridgehead atoms. The number of carboxylic acid groups (broad SMARTS) is 1. The third-order valence-corrected chi connectivity index (χ3v) is 2.02. The molecule has 1 heterocycles. The number of aryl methyl sites for hydroxylation is 1. The smallest absolute Gasteiger partial charge is 0.335 e. The van der Waals surface area contributed by atoms with Crippen molar-refractivity contribution < 1.29 is 19.2 Å². The minimum Gasteiger partial charge on any atom is -0.485 e. The molecular weight excluding hydrogens is 224 g/mol. The Bertz CT molecular complexity index is 536. The molecule has 0 unspecified atom stereocenters. The summed E-state index contributed by atoms with van der Waals surface area (Å²) in [6, 6.07) is 6.21. The Morgan fingerprint density at radius 1 is 1.53 bits per heavy atom. The highest BCUT2D eigenvalue weighted by atomic mass is 16.5. The number of carboxylic acids is 1. The molecule has 17 heavy (non-hydrogen) atoms.